The summed E-state index contributed by atoms with van der Waals surface area (Å²) in [4.78, 5) is 13.2. The number of hydrazine groups is 1. The maximum Gasteiger partial charge on any atom is 0.340 e. The number of methoxy groups -OCH3 is 1. The monoisotopic (exact) mass is 531 g/mol. The molecule has 0 aliphatic carbocycles. The fourth-order valence-corrected chi connectivity index (χ4v) is 4.17. The number of rotatable bonds is 6. The van der Waals surface area contributed by atoms with Crippen LogP contribution in [0.3, 0.4) is 0 Å². The molecule has 0 fully saturated rings. The normalized spacial score (nSPS) is 12.8. The van der Waals surface area contributed by atoms with Gasteiger partial charge in [-0.15, -0.1) is 0 Å². The third kappa shape index (κ3) is 5.82. The second kappa shape index (κ2) is 10.9. The number of nitrogens with one attached hydrogen (secondary N) is 2. The van der Waals surface area contributed by atoms with Gasteiger partial charge in [0.05, 0.1) is 19.4 Å². The van der Waals surface area contributed by atoms with Gasteiger partial charge in [0, 0.05) is 21.3 Å². The Morgan fingerprint density at radius 3 is 1.86 bits per heavy atom. The highest BCUT2D eigenvalue weighted by molar-refractivity contribution is 6.30. The first kappa shape index (κ1) is 24.6. The van der Waals surface area contributed by atoms with Gasteiger partial charge in [-0.25, -0.2) is 9.80 Å². The molecule has 1 heterocycles. The van der Waals surface area contributed by atoms with Crippen LogP contribution >= 0.6 is 23.2 Å². The minimum atomic E-state index is -0.290. The summed E-state index contributed by atoms with van der Waals surface area (Å²) in [6.45, 7) is 0.369. The van der Waals surface area contributed by atoms with Gasteiger partial charge in [-0.2, -0.15) is 0 Å². The molecule has 0 aromatic heterocycles. The Hall–Kier alpha value is -4.13. The van der Waals surface area contributed by atoms with Crippen molar-refractivity contribution in [2.75, 3.05) is 19.0 Å². The molecule has 2 N–H and O–H groups in total. The molecule has 1 aliphatic rings. The predicted molar refractivity (Wildman–Crippen MR) is 148 cm³/mol. The molecule has 0 atom stereocenters. The lowest BCUT2D eigenvalue weighted by Gasteiger charge is -2.19. The van der Waals surface area contributed by atoms with Crippen molar-refractivity contribution >= 4 is 46.2 Å². The lowest BCUT2D eigenvalue weighted by molar-refractivity contribution is 0.210. The molecule has 6 nitrogen and oxygen atoms in total. The number of anilines is 1. The molecule has 0 radical (unpaired) electrons. The number of urea groups is 1. The topological polar surface area (TPSA) is 62.8 Å². The zero-order valence-electron chi connectivity index (χ0n) is 19.9. The summed E-state index contributed by atoms with van der Waals surface area (Å²) in [5.74, 6) is 2.09. The van der Waals surface area contributed by atoms with E-state index in [4.69, 9.17) is 32.7 Å². The molecule has 4 aromatic rings. The van der Waals surface area contributed by atoms with E-state index in [1.807, 2.05) is 48.5 Å². The van der Waals surface area contributed by atoms with Crippen molar-refractivity contribution in [3.63, 3.8) is 0 Å². The fourth-order valence-electron chi connectivity index (χ4n) is 3.92. The average Bonchev–Trinajstić information content (AvgIpc) is 3.37. The summed E-state index contributed by atoms with van der Waals surface area (Å²) in [5, 5.41) is 5.77. The van der Waals surface area contributed by atoms with Crippen molar-refractivity contribution in [2.24, 2.45) is 0 Å². The second-order valence-electron chi connectivity index (χ2n) is 8.30. The third-order valence-corrected chi connectivity index (χ3v) is 6.34. The first-order valence-electron chi connectivity index (χ1n) is 11.5. The van der Waals surface area contributed by atoms with Crippen molar-refractivity contribution in [3.05, 3.63) is 118 Å². The molecule has 0 spiro atoms. The first-order valence-corrected chi connectivity index (χ1v) is 12.3. The van der Waals surface area contributed by atoms with Crippen LogP contribution in [0.4, 0.5) is 10.5 Å². The lowest BCUT2D eigenvalue weighted by Crippen LogP contribution is -2.40. The smallest absolute Gasteiger partial charge is 0.340 e. The van der Waals surface area contributed by atoms with E-state index in [9.17, 15) is 4.79 Å². The second-order valence-corrected chi connectivity index (χ2v) is 9.17. The van der Waals surface area contributed by atoms with E-state index in [0.29, 0.717) is 33.8 Å². The fraction of sp³-hybridized carbons (Fsp3) is 0.0690. The Labute approximate surface area is 225 Å². The summed E-state index contributed by atoms with van der Waals surface area (Å²) in [6.07, 6.45) is 0. The van der Waals surface area contributed by atoms with Crippen molar-refractivity contribution in [3.8, 4) is 17.2 Å². The number of carbonyl (C=O) groups excluding carboxylic acids is 1. The van der Waals surface area contributed by atoms with Crippen LogP contribution in [0.2, 0.25) is 10.0 Å². The molecule has 8 heteroatoms. The molecule has 4 aromatic carbocycles. The summed E-state index contributed by atoms with van der Waals surface area (Å²) < 4.78 is 11.1. The first-order chi connectivity index (χ1) is 18.0. The van der Waals surface area contributed by atoms with Crippen LogP contribution in [-0.2, 0) is 0 Å². The maximum absolute atomic E-state index is 13.2. The molecule has 2 amide bonds. The van der Waals surface area contributed by atoms with E-state index in [-0.39, 0.29) is 6.03 Å². The number of hydrogen-bond acceptors (Lipinski definition) is 4. The zero-order chi connectivity index (χ0) is 25.8. The Morgan fingerprint density at radius 1 is 0.757 bits per heavy atom. The maximum atomic E-state index is 13.2. The largest absolute Gasteiger partial charge is 0.497 e. The van der Waals surface area contributed by atoms with Crippen LogP contribution in [0, 0.1) is 0 Å². The standard InChI is InChI=1S/C29H23Cl2N3O3/c1-36-24-12-4-19(5-13-24)27-18-34(33-28(27)20-2-6-21(30)7-3-20)29(35)32-23-10-16-26(17-11-23)37-25-14-8-22(31)9-15-25/h2-17,33H,18H2,1H3,(H,32,35). The molecule has 37 heavy (non-hydrogen) atoms. The van der Waals surface area contributed by atoms with Crippen molar-refractivity contribution in [2.45, 2.75) is 0 Å². The lowest BCUT2D eigenvalue weighted by atomic mass is 10.0. The summed E-state index contributed by atoms with van der Waals surface area (Å²) in [5.41, 5.74) is 7.63. The van der Waals surface area contributed by atoms with Crippen LogP contribution in [-0.4, -0.2) is 24.7 Å². The van der Waals surface area contributed by atoms with Crippen LogP contribution in [0.1, 0.15) is 11.1 Å². The number of hydrogen-bond donors (Lipinski definition) is 2. The molecule has 0 unspecified atom stereocenters. The Morgan fingerprint density at radius 2 is 1.27 bits per heavy atom. The van der Waals surface area contributed by atoms with Crippen molar-refractivity contribution < 1.29 is 14.3 Å². The molecule has 0 saturated carbocycles. The van der Waals surface area contributed by atoms with Crippen LogP contribution in [0.5, 0.6) is 17.2 Å². The molecule has 5 rings (SSSR count). The van der Waals surface area contributed by atoms with Crippen molar-refractivity contribution in [1.29, 1.82) is 0 Å². The highest BCUT2D eigenvalue weighted by Gasteiger charge is 2.27. The van der Waals surface area contributed by atoms with Gasteiger partial charge in [0.15, 0.2) is 0 Å². The Kier molecular flexibility index (Phi) is 7.21. The number of nitrogens with zero attached hydrogens (tertiary/aromatic N) is 1. The van der Waals surface area contributed by atoms with E-state index in [0.717, 1.165) is 28.1 Å². The minimum absolute atomic E-state index is 0.290. The molecule has 0 saturated heterocycles. The van der Waals surface area contributed by atoms with Crippen LogP contribution in [0.15, 0.2) is 97.1 Å². The molecule has 186 valence electrons. The van der Waals surface area contributed by atoms with Gasteiger partial charge in [-0.1, -0.05) is 47.5 Å². The van der Waals surface area contributed by atoms with Gasteiger partial charge in [-0.05, 0) is 83.9 Å². The van der Waals surface area contributed by atoms with Gasteiger partial charge >= 0.3 is 6.03 Å². The van der Waals surface area contributed by atoms with E-state index in [1.165, 1.54) is 0 Å². The van der Waals surface area contributed by atoms with Gasteiger partial charge < -0.3 is 14.8 Å². The van der Waals surface area contributed by atoms with E-state index in [1.54, 1.807) is 60.6 Å². The van der Waals surface area contributed by atoms with Crippen LogP contribution < -0.4 is 20.2 Å². The van der Waals surface area contributed by atoms with Gasteiger partial charge in [0.25, 0.3) is 0 Å². The summed E-state index contributed by atoms with van der Waals surface area (Å²) in [7, 11) is 1.63. The molecule has 1 aliphatic heterocycles. The quantitative estimate of drug-likeness (QED) is 0.267. The predicted octanol–water partition coefficient (Wildman–Crippen LogP) is 7.71. The summed E-state index contributed by atoms with van der Waals surface area (Å²) >= 11 is 12.0. The Bertz CT molecular complexity index is 1420. The highest BCUT2D eigenvalue weighted by atomic mass is 35.5. The van der Waals surface area contributed by atoms with Gasteiger partial charge in [0.2, 0.25) is 0 Å². The van der Waals surface area contributed by atoms with Crippen molar-refractivity contribution in [1.82, 2.24) is 10.4 Å². The molecular weight excluding hydrogens is 509 g/mol. The molecule has 0 bridgehead atoms. The zero-order valence-corrected chi connectivity index (χ0v) is 21.4. The average molecular weight is 532 g/mol. The van der Waals surface area contributed by atoms with E-state index < -0.39 is 0 Å². The van der Waals surface area contributed by atoms with Gasteiger partial charge in [-0.3, -0.25) is 5.43 Å². The minimum Gasteiger partial charge on any atom is -0.497 e. The Balaban J connectivity index is 1.31. The van der Waals surface area contributed by atoms with E-state index >= 15 is 0 Å². The van der Waals surface area contributed by atoms with Crippen LogP contribution in [0.25, 0.3) is 11.3 Å². The SMILES string of the molecule is COc1ccc(C2=C(c3ccc(Cl)cc3)NN(C(=O)Nc3ccc(Oc4ccc(Cl)cc4)cc3)C2)cc1. The number of halogens is 2. The highest BCUT2D eigenvalue weighted by Crippen LogP contribution is 2.32. The number of carbonyl (C=O) groups is 1. The van der Waals surface area contributed by atoms with Gasteiger partial charge in [0.1, 0.15) is 17.2 Å². The number of amides is 2. The summed E-state index contributed by atoms with van der Waals surface area (Å²) in [6, 6.07) is 29.3. The number of ether oxygens (including phenoxy) is 2. The molecular formula is C29H23Cl2N3O3. The van der Waals surface area contributed by atoms with E-state index in [2.05, 4.69) is 10.7 Å². The third-order valence-electron chi connectivity index (χ3n) is 5.84. The number of benzene rings is 4.